The van der Waals surface area contributed by atoms with Crippen LogP contribution in [0.1, 0.15) is 96.3 Å². The van der Waals surface area contributed by atoms with Crippen LogP contribution in [0, 0.1) is 5.92 Å². The van der Waals surface area contributed by atoms with E-state index < -0.39 is 17.4 Å². The Morgan fingerprint density at radius 3 is 1.91 bits per heavy atom. The van der Waals surface area contributed by atoms with E-state index in [-0.39, 0.29) is 11.6 Å². The molecule has 0 aliphatic carbocycles. The van der Waals surface area contributed by atoms with Crippen LogP contribution in [0.5, 0.6) is 0 Å². The lowest BCUT2D eigenvalue weighted by Crippen LogP contribution is -2.56. The minimum absolute atomic E-state index is 0.170. The van der Waals surface area contributed by atoms with Crippen molar-refractivity contribution in [2.24, 2.45) is 5.92 Å². The maximum Gasteiger partial charge on any atom is 0.105 e. The molecule has 1 aliphatic heterocycles. The molecule has 4 nitrogen and oxygen atoms in total. The molecule has 33 heavy (non-hydrogen) atoms. The highest BCUT2D eigenvalue weighted by atomic mass is 16.7. The molecule has 0 saturated carbocycles. The zero-order chi connectivity index (χ0) is 24.1. The van der Waals surface area contributed by atoms with Crippen molar-refractivity contribution in [3.8, 4) is 0 Å². The first kappa shape index (κ1) is 25.5. The number of benzene rings is 2. The molecule has 3 rings (SSSR count). The normalized spacial score (nSPS) is 21.5. The average molecular weight is 451 g/mol. The van der Waals surface area contributed by atoms with E-state index in [4.69, 9.17) is 4.84 Å². The van der Waals surface area contributed by atoms with E-state index in [0.717, 1.165) is 24.8 Å². The number of nitrogens with zero attached hydrogens (tertiary/aromatic N) is 1. The molecule has 0 aromatic heterocycles. The van der Waals surface area contributed by atoms with E-state index >= 15 is 0 Å². The summed E-state index contributed by atoms with van der Waals surface area (Å²) in [5, 5.41) is 14.5. The Kier molecular flexibility index (Phi) is 8.36. The van der Waals surface area contributed by atoms with E-state index in [2.05, 4.69) is 76.1 Å². The maximum atomic E-state index is 12.3. The third kappa shape index (κ3) is 4.88. The minimum atomic E-state index is -0.954. The lowest BCUT2D eigenvalue weighted by atomic mass is 9.79. The molecule has 0 amide bonds. The highest BCUT2D eigenvalue weighted by Gasteiger charge is 2.59. The zero-order valence-corrected chi connectivity index (χ0v) is 20.9. The van der Waals surface area contributed by atoms with E-state index in [1.807, 2.05) is 24.3 Å². The largest absolute Gasteiger partial charge is 0.550 e. The molecule has 0 N–H and O–H groups in total. The second kappa shape index (κ2) is 10.8. The fourth-order valence-electron chi connectivity index (χ4n) is 5.92. The molecule has 2 aromatic rings. The number of carbonyl (C=O) groups excluding carboxylic acids is 1. The Labute approximate surface area is 199 Å². The van der Waals surface area contributed by atoms with Gasteiger partial charge in [0.15, 0.2) is 0 Å². The minimum Gasteiger partial charge on any atom is -0.550 e. The Balaban J connectivity index is 2.03. The summed E-state index contributed by atoms with van der Waals surface area (Å²) in [5.74, 6) is -1.20. The summed E-state index contributed by atoms with van der Waals surface area (Å²) in [6.07, 6.45) is 4.30. The van der Waals surface area contributed by atoms with Crippen molar-refractivity contribution >= 4 is 5.97 Å². The van der Waals surface area contributed by atoms with Crippen LogP contribution in [0.4, 0.5) is 0 Å². The van der Waals surface area contributed by atoms with Crippen molar-refractivity contribution in [2.75, 3.05) is 0 Å². The number of hydrogen-bond donors (Lipinski definition) is 0. The molecule has 3 unspecified atom stereocenters. The summed E-state index contributed by atoms with van der Waals surface area (Å²) in [6.45, 7) is 10.7. The standard InChI is InChI=1S/C29H41NO3/c1-6-28(7-2)21-25(27(31)32)29(8-3,9-4)30(28)33-26(24-18-14-11-15-19-24)20-22(5)23-16-12-10-13-17-23/h10-19,22,25-26H,6-9,20-21H2,1-5H3,(H,31,32)/p-1. The molecule has 0 bridgehead atoms. The molecule has 3 atom stereocenters. The van der Waals surface area contributed by atoms with Crippen LogP contribution in [0.3, 0.4) is 0 Å². The Bertz CT molecular complexity index is 874. The number of aliphatic carboxylic acids is 1. The van der Waals surface area contributed by atoms with Gasteiger partial charge in [-0.3, -0.25) is 4.84 Å². The van der Waals surface area contributed by atoms with Crippen LogP contribution in [0.25, 0.3) is 0 Å². The monoisotopic (exact) mass is 450 g/mol. The average Bonchev–Trinajstić information content (AvgIpc) is 3.15. The first-order valence-electron chi connectivity index (χ1n) is 12.6. The zero-order valence-electron chi connectivity index (χ0n) is 20.9. The Morgan fingerprint density at radius 2 is 1.45 bits per heavy atom. The molecule has 0 radical (unpaired) electrons. The van der Waals surface area contributed by atoms with Gasteiger partial charge in [-0.15, -0.1) is 0 Å². The number of rotatable bonds is 11. The smallest absolute Gasteiger partial charge is 0.105 e. The van der Waals surface area contributed by atoms with Gasteiger partial charge < -0.3 is 9.90 Å². The van der Waals surface area contributed by atoms with Crippen molar-refractivity contribution in [2.45, 2.75) is 96.2 Å². The third-order valence-electron chi connectivity index (χ3n) is 8.23. The summed E-state index contributed by atoms with van der Waals surface area (Å²) in [4.78, 5) is 19.3. The highest BCUT2D eigenvalue weighted by Crippen LogP contribution is 2.53. The lowest BCUT2D eigenvalue weighted by Gasteiger charge is -2.48. The molecule has 2 aromatic carbocycles. The van der Waals surface area contributed by atoms with E-state index in [1.165, 1.54) is 5.56 Å². The molecule has 1 saturated heterocycles. The first-order valence-corrected chi connectivity index (χ1v) is 12.6. The number of carboxylic acid groups (broad SMARTS) is 1. The summed E-state index contributed by atoms with van der Waals surface area (Å²) >= 11 is 0. The number of carbonyl (C=O) groups is 1. The summed E-state index contributed by atoms with van der Waals surface area (Å²) in [6, 6.07) is 20.9. The fourth-order valence-corrected chi connectivity index (χ4v) is 5.92. The van der Waals surface area contributed by atoms with Crippen LogP contribution in [0.2, 0.25) is 0 Å². The predicted octanol–water partition coefficient (Wildman–Crippen LogP) is 6.04. The third-order valence-corrected chi connectivity index (χ3v) is 8.23. The van der Waals surface area contributed by atoms with Gasteiger partial charge in [0.25, 0.3) is 0 Å². The second-order valence-corrected chi connectivity index (χ2v) is 9.66. The molecule has 1 fully saturated rings. The van der Waals surface area contributed by atoms with Crippen molar-refractivity contribution < 1.29 is 14.7 Å². The van der Waals surface area contributed by atoms with Gasteiger partial charge in [0.05, 0.1) is 5.54 Å². The van der Waals surface area contributed by atoms with Gasteiger partial charge in [-0.2, -0.15) is 5.06 Å². The van der Waals surface area contributed by atoms with Crippen molar-refractivity contribution in [1.82, 2.24) is 5.06 Å². The lowest BCUT2D eigenvalue weighted by molar-refractivity contribution is -0.323. The van der Waals surface area contributed by atoms with E-state index in [9.17, 15) is 9.90 Å². The number of hydroxylamine groups is 2. The van der Waals surface area contributed by atoms with Gasteiger partial charge >= 0.3 is 0 Å². The molecule has 1 aliphatic rings. The first-order chi connectivity index (χ1) is 15.9. The Hall–Kier alpha value is -2.17. The van der Waals surface area contributed by atoms with E-state index in [0.29, 0.717) is 25.2 Å². The number of carboxylic acids is 1. The van der Waals surface area contributed by atoms with Crippen molar-refractivity contribution in [3.63, 3.8) is 0 Å². The number of hydrogen-bond acceptors (Lipinski definition) is 4. The second-order valence-electron chi connectivity index (χ2n) is 9.66. The van der Waals surface area contributed by atoms with Crippen molar-refractivity contribution in [1.29, 1.82) is 0 Å². The maximum absolute atomic E-state index is 12.3. The summed E-state index contributed by atoms with van der Waals surface area (Å²) in [7, 11) is 0. The van der Waals surface area contributed by atoms with Gasteiger partial charge in [0.2, 0.25) is 0 Å². The molecule has 0 spiro atoms. The van der Waals surface area contributed by atoms with Gasteiger partial charge in [-0.1, -0.05) is 95.3 Å². The van der Waals surface area contributed by atoms with Crippen LogP contribution in [0.15, 0.2) is 60.7 Å². The van der Waals surface area contributed by atoms with Gasteiger partial charge in [-0.25, -0.2) is 0 Å². The predicted molar refractivity (Wildman–Crippen MR) is 131 cm³/mol. The fraction of sp³-hybridized carbons (Fsp3) is 0.552. The highest BCUT2D eigenvalue weighted by molar-refractivity contribution is 5.70. The Morgan fingerprint density at radius 1 is 0.939 bits per heavy atom. The van der Waals surface area contributed by atoms with Gasteiger partial charge in [-0.05, 0) is 55.6 Å². The molecular weight excluding hydrogens is 410 g/mol. The molecular formula is C29H40NO3-. The topological polar surface area (TPSA) is 52.6 Å². The van der Waals surface area contributed by atoms with Crippen molar-refractivity contribution in [3.05, 3.63) is 71.8 Å². The molecule has 4 heteroatoms. The van der Waals surface area contributed by atoms with Gasteiger partial charge in [0.1, 0.15) is 6.10 Å². The van der Waals surface area contributed by atoms with E-state index in [1.54, 1.807) is 0 Å². The van der Waals surface area contributed by atoms with Crippen LogP contribution in [-0.4, -0.2) is 22.1 Å². The van der Waals surface area contributed by atoms with Gasteiger partial charge in [0, 0.05) is 17.4 Å². The molecule has 180 valence electrons. The summed E-state index contributed by atoms with van der Waals surface area (Å²) in [5.41, 5.74) is 1.51. The van der Waals surface area contributed by atoms with Crippen LogP contribution in [-0.2, 0) is 9.63 Å². The van der Waals surface area contributed by atoms with Crippen LogP contribution < -0.4 is 5.11 Å². The SMILES string of the molecule is CCC1(CC)CC(C(=O)[O-])C(CC)(CC)N1OC(CC(C)c1ccccc1)c1ccccc1. The summed E-state index contributed by atoms with van der Waals surface area (Å²) < 4.78 is 0. The van der Waals surface area contributed by atoms with Crippen LogP contribution >= 0.6 is 0 Å². The molecule has 1 heterocycles. The quantitative estimate of drug-likeness (QED) is 0.419.